The summed E-state index contributed by atoms with van der Waals surface area (Å²) in [4.78, 5) is 0. The van der Waals surface area contributed by atoms with Crippen LogP contribution < -0.4 is 5.73 Å². The van der Waals surface area contributed by atoms with Crippen LogP contribution in [0, 0.1) is 17.8 Å². The van der Waals surface area contributed by atoms with Gasteiger partial charge in [0, 0.05) is 5.75 Å². The van der Waals surface area contributed by atoms with E-state index in [1.165, 1.54) is 0 Å². The third-order valence-electron chi connectivity index (χ3n) is 4.06. The van der Waals surface area contributed by atoms with Gasteiger partial charge in [-0.05, 0) is 43.6 Å². The predicted octanol–water partition coefficient (Wildman–Crippen LogP) is 1.82. The Hall–Kier alpha value is -0.0900. The first-order valence-electron chi connectivity index (χ1n) is 6.34. The zero-order valence-electron chi connectivity index (χ0n) is 10.6. The third kappa shape index (κ3) is 2.98. The number of hydrogen-bond donors (Lipinski definition) is 1. The second kappa shape index (κ2) is 5.50. The largest absolute Gasteiger partial charge is 0.330 e. The molecule has 1 aliphatic carbocycles. The lowest BCUT2D eigenvalue weighted by Gasteiger charge is -2.36. The lowest BCUT2D eigenvalue weighted by molar-refractivity contribution is 0.221. The van der Waals surface area contributed by atoms with Crippen molar-refractivity contribution in [2.75, 3.05) is 12.3 Å². The Morgan fingerprint density at radius 1 is 1.31 bits per heavy atom. The molecule has 16 heavy (non-hydrogen) atoms. The van der Waals surface area contributed by atoms with E-state index in [1.54, 1.807) is 6.92 Å². The van der Waals surface area contributed by atoms with Crippen molar-refractivity contribution in [1.82, 2.24) is 0 Å². The van der Waals surface area contributed by atoms with E-state index in [2.05, 4.69) is 13.8 Å². The van der Waals surface area contributed by atoms with Gasteiger partial charge in [0.2, 0.25) is 0 Å². The fourth-order valence-electron chi connectivity index (χ4n) is 2.81. The van der Waals surface area contributed by atoms with Gasteiger partial charge in [-0.15, -0.1) is 0 Å². The van der Waals surface area contributed by atoms with E-state index in [-0.39, 0.29) is 16.9 Å². The van der Waals surface area contributed by atoms with E-state index in [4.69, 9.17) is 5.73 Å². The number of nitrogens with two attached hydrogens (primary N) is 1. The van der Waals surface area contributed by atoms with Gasteiger partial charge in [-0.3, -0.25) is 0 Å². The molecule has 1 rings (SSSR count). The van der Waals surface area contributed by atoms with Crippen molar-refractivity contribution >= 4 is 9.84 Å². The molecule has 0 aromatic rings. The molecule has 1 aliphatic rings. The van der Waals surface area contributed by atoms with Gasteiger partial charge in [0.1, 0.15) is 0 Å². The molecule has 2 N–H and O–H groups in total. The molecule has 1 saturated carbocycles. The first-order chi connectivity index (χ1) is 7.42. The highest BCUT2D eigenvalue weighted by atomic mass is 32.2. The van der Waals surface area contributed by atoms with Crippen molar-refractivity contribution < 1.29 is 8.42 Å². The van der Waals surface area contributed by atoms with Crippen molar-refractivity contribution in [3.05, 3.63) is 0 Å². The molecule has 3 atom stereocenters. The minimum Gasteiger partial charge on any atom is -0.330 e. The predicted molar refractivity (Wildman–Crippen MR) is 68.0 cm³/mol. The maximum atomic E-state index is 11.9. The summed E-state index contributed by atoms with van der Waals surface area (Å²) in [6.07, 6.45) is 2.83. The Morgan fingerprint density at radius 3 is 2.38 bits per heavy atom. The molecule has 0 saturated heterocycles. The maximum Gasteiger partial charge on any atom is 0.153 e. The molecule has 0 aromatic carbocycles. The van der Waals surface area contributed by atoms with Crippen molar-refractivity contribution in [1.29, 1.82) is 0 Å². The van der Waals surface area contributed by atoms with Crippen molar-refractivity contribution in [2.45, 2.75) is 45.3 Å². The summed E-state index contributed by atoms with van der Waals surface area (Å²) < 4.78 is 23.9. The highest BCUT2D eigenvalue weighted by Gasteiger charge is 2.37. The summed E-state index contributed by atoms with van der Waals surface area (Å²) >= 11 is 0. The monoisotopic (exact) mass is 247 g/mol. The van der Waals surface area contributed by atoms with E-state index in [1.807, 2.05) is 0 Å². The zero-order chi connectivity index (χ0) is 12.3. The molecule has 0 radical (unpaired) electrons. The van der Waals surface area contributed by atoms with Gasteiger partial charge in [-0.2, -0.15) is 0 Å². The molecule has 96 valence electrons. The van der Waals surface area contributed by atoms with Gasteiger partial charge in [0.25, 0.3) is 0 Å². The number of sulfone groups is 1. The second-order valence-corrected chi connectivity index (χ2v) is 7.81. The fraction of sp³-hybridized carbons (Fsp3) is 1.00. The molecule has 0 amide bonds. The van der Waals surface area contributed by atoms with Crippen LogP contribution in [0.5, 0.6) is 0 Å². The van der Waals surface area contributed by atoms with Crippen LogP contribution in [0.15, 0.2) is 0 Å². The van der Waals surface area contributed by atoms with Gasteiger partial charge in [-0.1, -0.05) is 20.8 Å². The van der Waals surface area contributed by atoms with Crippen molar-refractivity contribution in [3.63, 3.8) is 0 Å². The van der Waals surface area contributed by atoms with Gasteiger partial charge < -0.3 is 5.73 Å². The highest BCUT2D eigenvalue weighted by Crippen LogP contribution is 2.36. The van der Waals surface area contributed by atoms with Gasteiger partial charge >= 0.3 is 0 Å². The molecule has 3 nitrogen and oxygen atoms in total. The Kier molecular flexibility index (Phi) is 4.80. The SMILES string of the molecule is CCS(=O)(=O)C1CCC(C(C)C)CC1CN. The highest BCUT2D eigenvalue weighted by molar-refractivity contribution is 7.92. The quantitative estimate of drug-likeness (QED) is 0.824. The molecule has 4 heteroatoms. The Bertz CT molecular complexity index is 311. The van der Waals surface area contributed by atoms with Crippen LogP contribution >= 0.6 is 0 Å². The van der Waals surface area contributed by atoms with Crippen LogP contribution in [0.25, 0.3) is 0 Å². The summed E-state index contributed by atoms with van der Waals surface area (Å²) in [7, 11) is -2.91. The maximum absolute atomic E-state index is 11.9. The van der Waals surface area contributed by atoms with E-state index in [0.717, 1.165) is 19.3 Å². The third-order valence-corrected chi connectivity index (χ3v) is 6.41. The fourth-order valence-corrected chi connectivity index (χ4v) is 4.54. The zero-order valence-corrected chi connectivity index (χ0v) is 11.5. The molecule has 0 spiro atoms. The van der Waals surface area contributed by atoms with E-state index < -0.39 is 9.84 Å². The van der Waals surface area contributed by atoms with Crippen LogP contribution in [0.2, 0.25) is 0 Å². The lowest BCUT2D eigenvalue weighted by atomic mass is 9.76. The standard InChI is InChI=1S/C12H25NO2S/c1-4-16(14,15)12-6-5-10(9(2)3)7-11(12)8-13/h9-12H,4-8,13H2,1-3H3. The summed E-state index contributed by atoms with van der Waals surface area (Å²) in [6, 6.07) is 0. The first kappa shape index (κ1) is 14.0. The van der Waals surface area contributed by atoms with Crippen LogP contribution in [-0.4, -0.2) is 26.0 Å². The molecule has 3 unspecified atom stereocenters. The average Bonchev–Trinajstić information content (AvgIpc) is 2.28. The van der Waals surface area contributed by atoms with Crippen LogP contribution in [0.3, 0.4) is 0 Å². The van der Waals surface area contributed by atoms with Gasteiger partial charge in [0.15, 0.2) is 9.84 Å². The summed E-state index contributed by atoms with van der Waals surface area (Å²) in [5.74, 6) is 1.71. The molecular formula is C12H25NO2S. The smallest absolute Gasteiger partial charge is 0.153 e. The second-order valence-electron chi connectivity index (χ2n) is 5.30. The summed E-state index contributed by atoms with van der Waals surface area (Å²) in [6.45, 7) is 6.67. The topological polar surface area (TPSA) is 60.2 Å². The Morgan fingerprint density at radius 2 is 1.94 bits per heavy atom. The minimum atomic E-state index is -2.91. The minimum absolute atomic E-state index is 0.172. The molecule has 0 heterocycles. The van der Waals surface area contributed by atoms with Gasteiger partial charge in [-0.25, -0.2) is 8.42 Å². The summed E-state index contributed by atoms with van der Waals surface area (Å²) in [5, 5.41) is -0.183. The lowest BCUT2D eigenvalue weighted by Crippen LogP contribution is -2.41. The van der Waals surface area contributed by atoms with Crippen molar-refractivity contribution in [3.8, 4) is 0 Å². The normalized spacial score (nSPS) is 31.9. The average molecular weight is 247 g/mol. The first-order valence-corrected chi connectivity index (χ1v) is 8.05. The van der Waals surface area contributed by atoms with Crippen molar-refractivity contribution in [2.24, 2.45) is 23.5 Å². The molecule has 1 fully saturated rings. The molecule has 0 aliphatic heterocycles. The van der Waals surface area contributed by atoms with Crippen LogP contribution in [0.4, 0.5) is 0 Å². The number of rotatable bonds is 4. The molecule has 0 aromatic heterocycles. The molecule has 0 bridgehead atoms. The molecular weight excluding hydrogens is 222 g/mol. The van der Waals surface area contributed by atoms with E-state index >= 15 is 0 Å². The summed E-state index contributed by atoms with van der Waals surface area (Å²) in [5.41, 5.74) is 5.74. The van der Waals surface area contributed by atoms with Crippen LogP contribution in [0.1, 0.15) is 40.0 Å². The van der Waals surface area contributed by atoms with Gasteiger partial charge in [0.05, 0.1) is 5.25 Å². The van der Waals surface area contributed by atoms with E-state index in [0.29, 0.717) is 18.4 Å². The van der Waals surface area contributed by atoms with Crippen LogP contribution in [-0.2, 0) is 9.84 Å². The number of hydrogen-bond acceptors (Lipinski definition) is 3. The Balaban J connectivity index is 2.77. The Labute approximate surface area is 99.7 Å². The van der Waals surface area contributed by atoms with E-state index in [9.17, 15) is 8.42 Å².